The summed E-state index contributed by atoms with van der Waals surface area (Å²) < 4.78 is 1.91. The van der Waals surface area contributed by atoms with Crippen LogP contribution in [0.3, 0.4) is 0 Å². The number of rotatable bonds is 3. The molecule has 0 bridgehead atoms. The summed E-state index contributed by atoms with van der Waals surface area (Å²) in [5.41, 5.74) is 2.61. The average Bonchev–Trinajstić information content (AvgIpc) is 2.83. The normalized spacial score (nSPS) is 11.4. The van der Waals surface area contributed by atoms with E-state index in [-0.39, 0.29) is 11.5 Å². The number of nitrogens with zero attached hydrogens (tertiary/aromatic N) is 2. The van der Waals surface area contributed by atoms with E-state index < -0.39 is 0 Å². The molecule has 0 aliphatic heterocycles. The summed E-state index contributed by atoms with van der Waals surface area (Å²) >= 11 is 0. The molecule has 0 atom stereocenters. The van der Waals surface area contributed by atoms with Crippen molar-refractivity contribution in [1.29, 1.82) is 0 Å². The lowest BCUT2D eigenvalue weighted by molar-refractivity contribution is 0.104. The van der Waals surface area contributed by atoms with Gasteiger partial charge in [-0.1, -0.05) is 30.3 Å². The standard InChI is InChI=1S/C18H16N2O2/c1-12-19-17-15(20(12)2)10-8-14(18(17)22)9-11-16(21)13-6-4-3-5-7-13/h3-11,22H,1-2H3. The third kappa shape index (κ3) is 2.39. The highest BCUT2D eigenvalue weighted by Gasteiger charge is 2.11. The van der Waals surface area contributed by atoms with Gasteiger partial charge >= 0.3 is 0 Å². The van der Waals surface area contributed by atoms with E-state index in [4.69, 9.17) is 0 Å². The largest absolute Gasteiger partial charge is 0.505 e. The van der Waals surface area contributed by atoms with Gasteiger partial charge in [0.05, 0.1) is 5.52 Å². The van der Waals surface area contributed by atoms with Gasteiger partial charge in [0.15, 0.2) is 11.5 Å². The summed E-state index contributed by atoms with van der Waals surface area (Å²) in [7, 11) is 1.90. The first-order valence-electron chi connectivity index (χ1n) is 7.00. The van der Waals surface area contributed by atoms with Crippen LogP contribution in [0.2, 0.25) is 0 Å². The summed E-state index contributed by atoms with van der Waals surface area (Å²) in [6.07, 6.45) is 3.08. The molecule has 0 saturated carbocycles. The molecule has 0 aliphatic carbocycles. The maximum absolute atomic E-state index is 12.1. The van der Waals surface area contributed by atoms with Gasteiger partial charge in [-0.2, -0.15) is 0 Å². The van der Waals surface area contributed by atoms with E-state index in [9.17, 15) is 9.90 Å². The molecule has 4 heteroatoms. The molecular formula is C18H16N2O2. The monoisotopic (exact) mass is 292 g/mol. The van der Waals surface area contributed by atoms with Crippen molar-refractivity contribution in [3.05, 3.63) is 65.5 Å². The smallest absolute Gasteiger partial charge is 0.185 e. The maximum atomic E-state index is 12.1. The molecule has 0 unspecified atom stereocenters. The molecule has 0 saturated heterocycles. The Kier molecular flexibility index (Phi) is 3.51. The van der Waals surface area contributed by atoms with Crippen LogP contribution in [0.1, 0.15) is 21.7 Å². The number of hydrogen-bond donors (Lipinski definition) is 1. The molecule has 0 spiro atoms. The van der Waals surface area contributed by atoms with Crippen molar-refractivity contribution >= 4 is 22.9 Å². The first-order chi connectivity index (χ1) is 10.6. The number of ketones is 1. The molecule has 4 nitrogen and oxygen atoms in total. The van der Waals surface area contributed by atoms with Gasteiger partial charge < -0.3 is 9.67 Å². The van der Waals surface area contributed by atoms with Crippen molar-refractivity contribution in [2.75, 3.05) is 0 Å². The highest BCUT2D eigenvalue weighted by molar-refractivity contribution is 6.07. The third-order valence-corrected chi connectivity index (χ3v) is 3.75. The van der Waals surface area contributed by atoms with Crippen LogP contribution in [0, 0.1) is 6.92 Å². The molecule has 0 fully saturated rings. The van der Waals surface area contributed by atoms with E-state index in [1.54, 1.807) is 24.3 Å². The number of aryl methyl sites for hydroxylation is 2. The molecular weight excluding hydrogens is 276 g/mol. The SMILES string of the molecule is Cc1nc2c(O)c(C=CC(=O)c3ccccc3)ccc2n1C. The van der Waals surface area contributed by atoms with Crippen molar-refractivity contribution in [3.8, 4) is 5.75 Å². The summed E-state index contributed by atoms with van der Waals surface area (Å²) in [6, 6.07) is 12.7. The van der Waals surface area contributed by atoms with E-state index in [0.717, 1.165) is 11.3 Å². The molecule has 1 heterocycles. The van der Waals surface area contributed by atoms with Crippen LogP contribution in [-0.4, -0.2) is 20.4 Å². The second-order valence-corrected chi connectivity index (χ2v) is 5.15. The number of phenols is 1. The minimum absolute atomic E-state index is 0.0957. The van der Waals surface area contributed by atoms with Crippen LogP contribution in [0.25, 0.3) is 17.1 Å². The van der Waals surface area contributed by atoms with Gasteiger partial charge in [0.1, 0.15) is 11.3 Å². The summed E-state index contributed by atoms with van der Waals surface area (Å²) in [6.45, 7) is 1.88. The molecule has 1 N–H and O–H groups in total. The Morgan fingerprint density at radius 3 is 2.64 bits per heavy atom. The molecule has 3 aromatic rings. The fourth-order valence-electron chi connectivity index (χ4n) is 2.38. The number of aromatic nitrogens is 2. The van der Waals surface area contributed by atoms with Gasteiger partial charge in [0.25, 0.3) is 0 Å². The van der Waals surface area contributed by atoms with Crippen molar-refractivity contribution in [1.82, 2.24) is 9.55 Å². The molecule has 0 amide bonds. The average molecular weight is 292 g/mol. The Morgan fingerprint density at radius 1 is 1.18 bits per heavy atom. The lowest BCUT2D eigenvalue weighted by Gasteiger charge is -2.01. The molecule has 1 aromatic heterocycles. The van der Waals surface area contributed by atoms with Crippen LogP contribution in [-0.2, 0) is 7.05 Å². The molecule has 110 valence electrons. The van der Waals surface area contributed by atoms with Gasteiger partial charge in [0.2, 0.25) is 0 Å². The van der Waals surface area contributed by atoms with E-state index in [1.165, 1.54) is 6.08 Å². The fourth-order valence-corrected chi connectivity index (χ4v) is 2.38. The summed E-state index contributed by atoms with van der Waals surface area (Å²) in [5, 5.41) is 10.3. The minimum Gasteiger partial charge on any atom is -0.505 e. The van der Waals surface area contributed by atoms with Crippen LogP contribution in [0.15, 0.2) is 48.5 Å². The zero-order chi connectivity index (χ0) is 15.7. The lowest BCUT2D eigenvalue weighted by atomic mass is 10.1. The summed E-state index contributed by atoms with van der Waals surface area (Å²) in [5.74, 6) is 0.822. The maximum Gasteiger partial charge on any atom is 0.185 e. The number of carbonyl (C=O) groups excluding carboxylic acids is 1. The van der Waals surface area contributed by atoms with Crippen LogP contribution < -0.4 is 0 Å². The van der Waals surface area contributed by atoms with Crippen molar-refractivity contribution in [2.45, 2.75) is 6.92 Å². The second-order valence-electron chi connectivity index (χ2n) is 5.15. The van der Waals surface area contributed by atoms with E-state index in [2.05, 4.69) is 4.98 Å². The zero-order valence-electron chi connectivity index (χ0n) is 12.4. The highest BCUT2D eigenvalue weighted by Crippen LogP contribution is 2.29. The molecule has 22 heavy (non-hydrogen) atoms. The lowest BCUT2D eigenvalue weighted by Crippen LogP contribution is -1.93. The number of benzene rings is 2. The van der Waals surface area contributed by atoms with Crippen molar-refractivity contribution in [3.63, 3.8) is 0 Å². The number of fused-ring (bicyclic) bond motifs is 1. The zero-order valence-corrected chi connectivity index (χ0v) is 12.4. The number of phenolic OH excluding ortho intramolecular Hbond substituents is 1. The number of imidazole rings is 1. The van der Waals surface area contributed by atoms with E-state index in [0.29, 0.717) is 16.6 Å². The molecule has 0 aliphatic rings. The first kappa shape index (κ1) is 14.1. The third-order valence-electron chi connectivity index (χ3n) is 3.75. The molecule has 2 aromatic carbocycles. The predicted molar refractivity (Wildman–Crippen MR) is 86.9 cm³/mol. The Labute approximate surface area is 128 Å². The number of allylic oxidation sites excluding steroid dienone is 1. The minimum atomic E-state index is -0.0997. The van der Waals surface area contributed by atoms with Gasteiger partial charge in [0, 0.05) is 18.2 Å². The number of hydrogen-bond acceptors (Lipinski definition) is 3. The van der Waals surface area contributed by atoms with Crippen molar-refractivity contribution < 1.29 is 9.90 Å². The van der Waals surface area contributed by atoms with Gasteiger partial charge in [-0.15, -0.1) is 0 Å². The van der Waals surface area contributed by atoms with Crippen LogP contribution in [0.4, 0.5) is 0 Å². The van der Waals surface area contributed by atoms with E-state index >= 15 is 0 Å². The van der Waals surface area contributed by atoms with Gasteiger partial charge in [-0.25, -0.2) is 4.98 Å². The topological polar surface area (TPSA) is 55.1 Å². The second kappa shape index (κ2) is 5.48. The predicted octanol–water partition coefficient (Wildman–Crippen LogP) is 3.48. The Hall–Kier alpha value is -2.88. The Balaban J connectivity index is 1.96. The Bertz CT molecular complexity index is 877. The van der Waals surface area contributed by atoms with Crippen molar-refractivity contribution in [2.24, 2.45) is 7.05 Å². The van der Waals surface area contributed by atoms with Gasteiger partial charge in [-0.05, 0) is 31.2 Å². The summed E-state index contributed by atoms with van der Waals surface area (Å²) in [4.78, 5) is 16.4. The first-order valence-corrected chi connectivity index (χ1v) is 7.00. The van der Waals surface area contributed by atoms with Crippen LogP contribution >= 0.6 is 0 Å². The molecule has 3 rings (SSSR count). The number of aromatic hydroxyl groups is 1. The van der Waals surface area contributed by atoms with Gasteiger partial charge in [-0.3, -0.25) is 4.79 Å². The fraction of sp³-hybridized carbons (Fsp3) is 0.111. The number of carbonyl (C=O) groups is 1. The van der Waals surface area contributed by atoms with E-state index in [1.807, 2.05) is 42.8 Å². The quantitative estimate of drug-likeness (QED) is 0.594. The Morgan fingerprint density at radius 2 is 1.91 bits per heavy atom. The molecule has 0 radical (unpaired) electrons. The highest BCUT2D eigenvalue weighted by atomic mass is 16.3. The van der Waals surface area contributed by atoms with Crippen LogP contribution in [0.5, 0.6) is 5.75 Å².